The van der Waals surface area contributed by atoms with Gasteiger partial charge in [-0.2, -0.15) is 5.10 Å². The molecule has 0 spiro atoms. The van der Waals surface area contributed by atoms with E-state index in [1.165, 1.54) is 15.6 Å². The van der Waals surface area contributed by atoms with Crippen molar-refractivity contribution in [3.05, 3.63) is 39.8 Å². The third-order valence-corrected chi connectivity index (χ3v) is 6.79. The van der Waals surface area contributed by atoms with E-state index >= 15 is 0 Å². The molecule has 2 aromatic heterocycles. The van der Waals surface area contributed by atoms with E-state index in [-0.39, 0.29) is 36.0 Å². The second kappa shape index (κ2) is 7.62. The van der Waals surface area contributed by atoms with Crippen LogP contribution in [0.25, 0.3) is 0 Å². The molecule has 0 aromatic carbocycles. The van der Waals surface area contributed by atoms with Crippen LogP contribution in [0.3, 0.4) is 0 Å². The van der Waals surface area contributed by atoms with Crippen LogP contribution in [0.5, 0.6) is 0 Å². The molecule has 9 heteroatoms. The maximum Gasteiger partial charge on any atom is 0.272 e. The van der Waals surface area contributed by atoms with Crippen LogP contribution in [0.2, 0.25) is 0 Å². The van der Waals surface area contributed by atoms with Crippen LogP contribution < -0.4 is 10.6 Å². The van der Waals surface area contributed by atoms with E-state index in [9.17, 15) is 14.4 Å². The van der Waals surface area contributed by atoms with Crippen LogP contribution in [0.15, 0.2) is 23.6 Å². The number of hydrogen-bond acceptors (Lipinski definition) is 5. The Bertz CT molecular complexity index is 932. The van der Waals surface area contributed by atoms with Gasteiger partial charge in [-0.25, -0.2) is 0 Å². The number of carbonyl (C=O) groups is 3. The summed E-state index contributed by atoms with van der Waals surface area (Å²) in [6, 6.07) is 5.53. The molecule has 29 heavy (non-hydrogen) atoms. The minimum atomic E-state index is -1.05. The van der Waals surface area contributed by atoms with Crippen molar-refractivity contribution in [2.75, 3.05) is 7.05 Å². The van der Waals surface area contributed by atoms with Crippen molar-refractivity contribution < 1.29 is 14.4 Å². The molecular formula is C20H25N5O3S. The van der Waals surface area contributed by atoms with E-state index < -0.39 is 5.54 Å². The van der Waals surface area contributed by atoms with Gasteiger partial charge < -0.3 is 15.5 Å². The summed E-state index contributed by atoms with van der Waals surface area (Å²) >= 11 is 1.56. The Labute approximate surface area is 173 Å². The Balaban J connectivity index is 1.51. The van der Waals surface area contributed by atoms with E-state index in [0.29, 0.717) is 12.2 Å². The van der Waals surface area contributed by atoms with Gasteiger partial charge in [0.1, 0.15) is 11.2 Å². The minimum absolute atomic E-state index is 0.167. The Morgan fingerprint density at radius 1 is 1.34 bits per heavy atom. The molecule has 3 amide bonds. The molecule has 1 saturated carbocycles. The number of hydrogen-bond donors (Lipinski definition) is 2. The van der Waals surface area contributed by atoms with Crippen molar-refractivity contribution in [1.29, 1.82) is 0 Å². The molecule has 0 radical (unpaired) electrons. The standard InChI is InChI=1S/C20H25N5O3S/c1-20(19(28)22-13-6-3-4-7-13)12-25-16(18(27)24(20)2)10-15(23-25)17(26)21-11-14-8-5-9-29-14/h5,8-10,13H,3-4,6-7,11-12H2,1-2H3,(H,21,26)(H,22,28). The van der Waals surface area contributed by atoms with Crippen molar-refractivity contribution >= 4 is 29.1 Å². The number of nitrogens with one attached hydrogen (secondary N) is 2. The number of fused-ring (bicyclic) bond motifs is 1. The normalized spacial score (nSPS) is 21.9. The number of amides is 3. The highest BCUT2D eigenvalue weighted by atomic mass is 32.1. The lowest BCUT2D eigenvalue weighted by atomic mass is 9.95. The van der Waals surface area contributed by atoms with E-state index in [1.807, 2.05) is 17.5 Å². The molecule has 1 aliphatic heterocycles. The van der Waals surface area contributed by atoms with Crippen LogP contribution in [0, 0.1) is 0 Å². The van der Waals surface area contributed by atoms with Gasteiger partial charge in [-0.05, 0) is 31.2 Å². The summed E-state index contributed by atoms with van der Waals surface area (Å²) in [5.41, 5.74) is -0.553. The van der Waals surface area contributed by atoms with Gasteiger partial charge in [0, 0.05) is 24.0 Å². The predicted octanol–water partition coefficient (Wildman–Crippen LogP) is 1.78. The van der Waals surface area contributed by atoms with Crippen LogP contribution in [0.4, 0.5) is 0 Å². The number of rotatable bonds is 5. The Morgan fingerprint density at radius 2 is 2.10 bits per heavy atom. The number of thiophene rings is 1. The zero-order valence-corrected chi connectivity index (χ0v) is 17.4. The van der Waals surface area contributed by atoms with Gasteiger partial charge in [0.2, 0.25) is 5.91 Å². The second-order valence-electron chi connectivity index (χ2n) is 7.93. The zero-order chi connectivity index (χ0) is 20.6. The highest BCUT2D eigenvalue weighted by molar-refractivity contribution is 7.09. The maximum atomic E-state index is 13.0. The van der Waals surface area contributed by atoms with Crippen molar-refractivity contribution in [2.45, 2.75) is 57.3 Å². The van der Waals surface area contributed by atoms with Gasteiger partial charge in [-0.3, -0.25) is 19.1 Å². The summed E-state index contributed by atoms with van der Waals surface area (Å²) in [5.74, 6) is -0.830. The lowest BCUT2D eigenvalue weighted by molar-refractivity contribution is -0.133. The SMILES string of the molecule is CN1C(=O)c2cc(C(=O)NCc3cccs3)nn2CC1(C)C(=O)NC1CCCC1. The third kappa shape index (κ3) is 3.66. The molecule has 8 nitrogen and oxygen atoms in total. The number of aromatic nitrogens is 2. The van der Waals surface area contributed by atoms with E-state index in [4.69, 9.17) is 0 Å². The first-order valence-corrected chi connectivity index (χ1v) is 10.7. The Hall–Kier alpha value is -2.68. The average molecular weight is 416 g/mol. The molecular weight excluding hydrogens is 390 g/mol. The van der Waals surface area contributed by atoms with Gasteiger partial charge in [-0.15, -0.1) is 11.3 Å². The largest absolute Gasteiger partial charge is 0.351 e. The molecule has 1 unspecified atom stereocenters. The fraction of sp³-hybridized carbons (Fsp3) is 0.500. The smallest absolute Gasteiger partial charge is 0.272 e. The number of likely N-dealkylation sites (N-methyl/N-ethyl adjacent to an activating group) is 1. The lowest BCUT2D eigenvalue weighted by Crippen LogP contribution is -2.63. The van der Waals surface area contributed by atoms with Crippen LogP contribution in [0.1, 0.15) is 58.5 Å². The summed E-state index contributed by atoms with van der Waals surface area (Å²) in [4.78, 5) is 40.9. The summed E-state index contributed by atoms with van der Waals surface area (Å²) < 4.78 is 1.48. The molecule has 2 N–H and O–H groups in total. The minimum Gasteiger partial charge on any atom is -0.351 e. The maximum absolute atomic E-state index is 13.0. The summed E-state index contributed by atoms with van der Waals surface area (Å²) in [7, 11) is 1.63. The monoisotopic (exact) mass is 415 g/mol. The molecule has 0 bridgehead atoms. The first-order valence-electron chi connectivity index (χ1n) is 9.86. The van der Waals surface area contributed by atoms with Crippen molar-refractivity contribution in [3.8, 4) is 0 Å². The molecule has 4 rings (SSSR count). The highest BCUT2D eigenvalue weighted by Crippen LogP contribution is 2.27. The third-order valence-electron chi connectivity index (χ3n) is 5.92. The van der Waals surface area contributed by atoms with Crippen LogP contribution in [-0.4, -0.2) is 51.0 Å². The lowest BCUT2D eigenvalue weighted by Gasteiger charge is -2.41. The fourth-order valence-corrected chi connectivity index (χ4v) is 4.56. The van der Waals surface area contributed by atoms with Gasteiger partial charge in [0.15, 0.2) is 5.69 Å². The topological polar surface area (TPSA) is 96.3 Å². The van der Waals surface area contributed by atoms with E-state index in [1.54, 1.807) is 25.3 Å². The van der Waals surface area contributed by atoms with E-state index in [2.05, 4.69) is 15.7 Å². The first kappa shape index (κ1) is 19.6. The summed E-state index contributed by atoms with van der Waals surface area (Å²) in [6.07, 6.45) is 4.18. The molecule has 1 atom stereocenters. The molecule has 1 fully saturated rings. The molecule has 2 aliphatic rings. The van der Waals surface area contributed by atoms with Gasteiger partial charge in [-0.1, -0.05) is 18.9 Å². The molecule has 154 valence electrons. The van der Waals surface area contributed by atoms with Gasteiger partial charge in [0.25, 0.3) is 11.8 Å². The van der Waals surface area contributed by atoms with E-state index in [0.717, 1.165) is 30.6 Å². The van der Waals surface area contributed by atoms with Gasteiger partial charge >= 0.3 is 0 Å². The first-order chi connectivity index (χ1) is 13.9. The predicted molar refractivity (Wildman–Crippen MR) is 109 cm³/mol. The zero-order valence-electron chi connectivity index (χ0n) is 16.6. The van der Waals surface area contributed by atoms with Crippen LogP contribution >= 0.6 is 11.3 Å². The number of nitrogens with zero attached hydrogens (tertiary/aromatic N) is 3. The molecule has 2 aromatic rings. The number of carbonyl (C=O) groups excluding carboxylic acids is 3. The molecule has 3 heterocycles. The summed E-state index contributed by atoms with van der Waals surface area (Å²) in [6.45, 7) is 2.37. The Morgan fingerprint density at radius 3 is 2.79 bits per heavy atom. The average Bonchev–Trinajstić information content (AvgIpc) is 3.45. The van der Waals surface area contributed by atoms with Crippen LogP contribution in [-0.2, 0) is 17.9 Å². The fourth-order valence-electron chi connectivity index (χ4n) is 3.92. The molecule has 1 aliphatic carbocycles. The quantitative estimate of drug-likeness (QED) is 0.778. The van der Waals surface area contributed by atoms with Crippen molar-refractivity contribution in [1.82, 2.24) is 25.3 Å². The highest BCUT2D eigenvalue weighted by Gasteiger charge is 2.46. The second-order valence-corrected chi connectivity index (χ2v) is 8.96. The Kier molecular flexibility index (Phi) is 5.16. The van der Waals surface area contributed by atoms with Crippen molar-refractivity contribution in [2.24, 2.45) is 0 Å². The van der Waals surface area contributed by atoms with Gasteiger partial charge in [0.05, 0.1) is 13.1 Å². The summed E-state index contributed by atoms with van der Waals surface area (Å²) in [5, 5.41) is 12.2. The van der Waals surface area contributed by atoms with Crippen molar-refractivity contribution in [3.63, 3.8) is 0 Å². The molecule has 0 saturated heterocycles.